The Morgan fingerprint density at radius 3 is 2.27 bits per heavy atom. The summed E-state index contributed by atoms with van der Waals surface area (Å²) in [5, 5.41) is 0.412. The van der Waals surface area contributed by atoms with Crippen LogP contribution in [0.4, 0.5) is 5.95 Å². The summed E-state index contributed by atoms with van der Waals surface area (Å²) in [4.78, 5) is 17.4. The Hall–Kier alpha value is -3.26. The SMILES string of the molecule is COc1ccc(Cn2c(NN)nc3cc(OC)c(OC)cc3c2=O)cc1. The van der Waals surface area contributed by atoms with Gasteiger partial charge in [0.1, 0.15) is 5.75 Å². The molecule has 3 N–H and O–H groups in total. The Morgan fingerprint density at radius 2 is 1.69 bits per heavy atom. The third-order valence-electron chi connectivity index (χ3n) is 4.09. The van der Waals surface area contributed by atoms with Crippen LogP contribution in [-0.4, -0.2) is 30.9 Å². The standard InChI is InChI=1S/C18H20N4O4/c1-24-12-6-4-11(5-7-12)10-22-17(23)13-8-15(25-2)16(26-3)9-14(13)20-18(22)21-19/h4-9H,10,19H2,1-3H3,(H,20,21). The largest absolute Gasteiger partial charge is 0.497 e. The third-order valence-corrected chi connectivity index (χ3v) is 4.09. The number of nitrogens with two attached hydrogens (primary N) is 1. The number of nitrogens with zero attached hydrogens (tertiary/aromatic N) is 2. The number of hydrogen-bond donors (Lipinski definition) is 2. The molecule has 0 fully saturated rings. The van der Waals surface area contributed by atoms with Gasteiger partial charge < -0.3 is 14.2 Å². The summed E-state index contributed by atoms with van der Waals surface area (Å²) >= 11 is 0. The van der Waals surface area contributed by atoms with Gasteiger partial charge in [-0.1, -0.05) is 12.1 Å². The second-order valence-corrected chi connectivity index (χ2v) is 5.54. The van der Waals surface area contributed by atoms with E-state index in [0.29, 0.717) is 28.9 Å². The van der Waals surface area contributed by atoms with Gasteiger partial charge in [0.25, 0.3) is 5.56 Å². The Kier molecular flexibility index (Phi) is 4.94. The molecule has 2 aromatic carbocycles. The number of hydrogen-bond acceptors (Lipinski definition) is 7. The molecule has 0 bridgehead atoms. The average Bonchev–Trinajstić information content (AvgIpc) is 2.69. The van der Waals surface area contributed by atoms with Crippen LogP contribution in [0.1, 0.15) is 5.56 Å². The van der Waals surface area contributed by atoms with Crippen LogP contribution in [0.25, 0.3) is 10.9 Å². The average molecular weight is 356 g/mol. The van der Waals surface area contributed by atoms with E-state index in [4.69, 9.17) is 20.1 Å². The van der Waals surface area contributed by atoms with E-state index in [2.05, 4.69) is 10.4 Å². The van der Waals surface area contributed by atoms with Crippen molar-refractivity contribution in [3.8, 4) is 17.2 Å². The van der Waals surface area contributed by atoms with Gasteiger partial charge in [-0.05, 0) is 23.8 Å². The zero-order valence-corrected chi connectivity index (χ0v) is 14.8. The summed E-state index contributed by atoms with van der Waals surface area (Å²) in [6.07, 6.45) is 0. The molecule has 0 spiro atoms. The molecule has 3 rings (SSSR count). The van der Waals surface area contributed by atoms with Crippen molar-refractivity contribution in [1.82, 2.24) is 9.55 Å². The highest BCUT2D eigenvalue weighted by atomic mass is 16.5. The smallest absolute Gasteiger partial charge is 0.263 e. The number of anilines is 1. The van der Waals surface area contributed by atoms with Crippen molar-refractivity contribution in [2.24, 2.45) is 5.84 Å². The van der Waals surface area contributed by atoms with Crippen LogP contribution in [0, 0.1) is 0 Å². The quantitative estimate of drug-likeness (QED) is 0.513. The van der Waals surface area contributed by atoms with Gasteiger partial charge in [0, 0.05) is 6.07 Å². The molecule has 1 aromatic heterocycles. The second kappa shape index (κ2) is 7.32. The van der Waals surface area contributed by atoms with E-state index in [1.165, 1.54) is 18.8 Å². The summed E-state index contributed by atoms with van der Waals surface area (Å²) in [5.41, 5.74) is 3.63. The highest BCUT2D eigenvalue weighted by Crippen LogP contribution is 2.30. The first kappa shape index (κ1) is 17.6. The summed E-state index contributed by atoms with van der Waals surface area (Å²) in [6.45, 7) is 0.305. The Morgan fingerprint density at radius 1 is 1.04 bits per heavy atom. The minimum atomic E-state index is -0.236. The molecule has 0 aliphatic rings. The van der Waals surface area contributed by atoms with E-state index in [1.807, 2.05) is 24.3 Å². The Bertz CT molecular complexity index is 983. The summed E-state index contributed by atoms with van der Waals surface area (Å²) in [6, 6.07) is 10.7. The molecule has 136 valence electrons. The number of methoxy groups -OCH3 is 3. The molecular weight excluding hydrogens is 336 g/mol. The van der Waals surface area contributed by atoms with Crippen LogP contribution >= 0.6 is 0 Å². The van der Waals surface area contributed by atoms with Crippen molar-refractivity contribution in [2.75, 3.05) is 26.8 Å². The normalized spacial score (nSPS) is 10.6. The maximum Gasteiger partial charge on any atom is 0.263 e. The highest BCUT2D eigenvalue weighted by molar-refractivity contribution is 5.83. The van der Waals surface area contributed by atoms with Crippen molar-refractivity contribution >= 4 is 16.9 Å². The predicted molar refractivity (Wildman–Crippen MR) is 99.0 cm³/mol. The van der Waals surface area contributed by atoms with E-state index >= 15 is 0 Å². The number of ether oxygens (including phenoxy) is 3. The monoisotopic (exact) mass is 356 g/mol. The van der Waals surface area contributed by atoms with E-state index in [9.17, 15) is 4.79 Å². The van der Waals surface area contributed by atoms with Crippen LogP contribution in [0.2, 0.25) is 0 Å². The topological polar surface area (TPSA) is 101 Å². The van der Waals surface area contributed by atoms with Crippen LogP contribution in [0.5, 0.6) is 17.2 Å². The third kappa shape index (κ3) is 3.14. The van der Waals surface area contributed by atoms with E-state index in [-0.39, 0.29) is 11.5 Å². The van der Waals surface area contributed by atoms with E-state index in [0.717, 1.165) is 11.3 Å². The van der Waals surface area contributed by atoms with Crippen molar-refractivity contribution in [3.05, 3.63) is 52.3 Å². The minimum Gasteiger partial charge on any atom is -0.497 e. The van der Waals surface area contributed by atoms with Gasteiger partial charge in [0.15, 0.2) is 11.5 Å². The lowest BCUT2D eigenvalue weighted by Gasteiger charge is -2.14. The predicted octanol–water partition coefficient (Wildman–Crippen LogP) is 1.76. The molecule has 8 heteroatoms. The van der Waals surface area contributed by atoms with E-state index in [1.54, 1.807) is 19.2 Å². The van der Waals surface area contributed by atoms with Gasteiger partial charge in [-0.25, -0.2) is 10.8 Å². The van der Waals surface area contributed by atoms with Crippen LogP contribution < -0.4 is 31.0 Å². The van der Waals surface area contributed by atoms with Gasteiger partial charge in [-0.15, -0.1) is 0 Å². The molecule has 8 nitrogen and oxygen atoms in total. The molecule has 3 aromatic rings. The van der Waals surface area contributed by atoms with Gasteiger partial charge in [-0.2, -0.15) is 0 Å². The van der Waals surface area contributed by atoms with Crippen LogP contribution in [0.3, 0.4) is 0 Å². The number of rotatable bonds is 6. The molecule has 0 aliphatic carbocycles. The number of nitrogens with one attached hydrogen (secondary N) is 1. The highest BCUT2D eigenvalue weighted by Gasteiger charge is 2.15. The lowest BCUT2D eigenvalue weighted by Crippen LogP contribution is -2.27. The van der Waals surface area contributed by atoms with Gasteiger partial charge >= 0.3 is 0 Å². The first-order chi connectivity index (χ1) is 12.6. The summed E-state index contributed by atoms with van der Waals surface area (Å²) in [7, 11) is 4.64. The first-order valence-electron chi connectivity index (χ1n) is 7.87. The summed E-state index contributed by atoms with van der Waals surface area (Å²) in [5.74, 6) is 7.54. The number of hydrazine groups is 1. The van der Waals surface area contributed by atoms with Crippen LogP contribution in [0.15, 0.2) is 41.2 Å². The maximum atomic E-state index is 13.0. The fourth-order valence-corrected chi connectivity index (χ4v) is 2.72. The second-order valence-electron chi connectivity index (χ2n) is 5.54. The molecular formula is C18H20N4O4. The molecule has 26 heavy (non-hydrogen) atoms. The molecule has 1 heterocycles. The van der Waals surface area contributed by atoms with Crippen molar-refractivity contribution < 1.29 is 14.2 Å². The molecule has 0 atom stereocenters. The number of fused-ring (bicyclic) bond motifs is 1. The van der Waals surface area contributed by atoms with Crippen LogP contribution in [-0.2, 0) is 6.54 Å². The Balaban J connectivity index is 2.14. The molecule has 0 saturated carbocycles. The zero-order valence-electron chi connectivity index (χ0n) is 14.8. The lowest BCUT2D eigenvalue weighted by atomic mass is 10.2. The first-order valence-corrected chi connectivity index (χ1v) is 7.87. The molecule has 0 saturated heterocycles. The Labute approximate surface area is 150 Å². The van der Waals surface area contributed by atoms with Gasteiger partial charge in [0.05, 0.1) is 38.8 Å². The van der Waals surface area contributed by atoms with Crippen molar-refractivity contribution in [3.63, 3.8) is 0 Å². The number of nitrogen functional groups attached to an aromatic ring is 1. The van der Waals surface area contributed by atoms with Gasteiger partial charge in [0.2, 0.25) is 5.95 Å². The fraction of sp³-hybridized carbons (Fsp3) is 0.222. The maximum absolute atomic E-state index is 13.0. The van der Waals surface area contributed by atoms with Crippen molar-refractivity contribution in [1.29, 1.82) is 0 Å². The number of benzene rings is 2. The molecule has 0 radical (unpaired) electrons. The minimum absolute atomic E-state index is 0.236. The van der Waals surface area contributed by atoms with Gasteiger partial charge in [-0.3, -0.25) is 14.8 Å². The lowest BCUT2D eigenvalue weighted by molar-refractivity contribution is 0.355. The zero-order chi connectivity index (χ0) is 18.7. The molecule has 0 aliphatic heterocycles. The number of aromatic nitrogens is 2. The summed E-state index contributed by atoms with van der Waals surface area (Å²) < 4.78 is 17.2. The molecule has 0 amide bonds. The van der Waals surface area contributed by atoms with Crippen molar-refractivity contribution in [2.45, 2.75) is 6.54 Å². The van der Waals surface area contributed by atoms with E-state index < -0.39 is 0 Å². The fourth-order valence-electron chi connectivity index (χ4n) is 2.72. The molecule has 0 unspecified atom stereocenters.